The zero-order valence-corrected chi connectivity index (χ0v) is 9.08. The maximum absolute atomic E-state index is 8.98. The van der Waals surface area contributed by atoms with Gasteiger partial charge in [0.05, 0.1) is 5.71 Å². The van der Waals surface area contributed by atoms with Crippen LogP contribution in [0.3, 0.4) is 0 Å². The molecule has 0 heterocycles. The molecule has 2 aliphatic carbocycles. The normalized spacial score (nSPS) is 33.7. The minimum atomic E-state index is -0.00190. The maximum atomic E-state index is 8.98. The molecule has 1 fully saturated rings. The van der Waals surface area contributed by atoms with Crippen molar-refractivity contribution in [1.29, 1.82) is 0 Å². The molecule has 0 unspecified atom stereocenters. The fourth-order valence-corrected chi connectivity index (χ4v) is 2.97. The van der Waals surface area contributed by atoms with Gasteiger partial charge in [-0.05, 0) is 38.0 Å². The molecule has 0 bridgehead atoms. The van der Waals surface area contributed by atoms with Crippen molar-refractivity contribution in [3.8, 4) is 0 Å². The first-order valence-corrected chi connectivity index (χ1v) is 5.58. The molecule has 0 amide bonds. The van der Waals surface area contributed by atoms with Gasteiger partial charge in [0, 0.05) is 5.41 Å². The summed E-state index contributed by atoms with van der Waals surface area (Å²) < 4.78 is 0. The van der Waals surface area contributed by atoms with Gasteiger partial charge >= 0.3 is 0 Å². The predicted molar refractivity (Wildman–Crippen MR) is 57.7 cm³/mol. The van der Waals surface area contributed by atoms with E-state index in [9.17, 15) is 0 Å². The van der Waals surface area contributed by atoms with E-state index >= 15 is 0 Å². The molecule has 0 saturated heterocycles. The number of oxime groups is 1. The van der Waals surface area contributed by atoms with Crippen LogP contribution in [-0.4, -0.2) is 10.9 Å². The zero-order chi connectivity index (χ0) is 10.2. The third kappa shape index (κ3) is 1.37. The molecule has 78 valence electrons. The molecule has 0 aromatic carbocycles. The molecular weight excluding hydrogens is 174 g/mol. The largest absolute Gasteiger partial charge is 0.411 e. The second-order valence-electron chi connectivity index (χ2n) is 5.00. The van der Waals surface area contributed by atoms with Gasteiger partial charge in [-0.3, -0.25) is 0 Å². The lowest BCUT2D eigenvalue weighted by molar-refractivity contribution is 0.297. The van der Waals surface area contributed by atoms with Gasteiger partial charge in [0.15, 0.2) is 0 Å². The zero-order valence-electron chi connectivity index (χ0n) is 9.08. The SMILES string of the molecule is CC1(C)C2=CCCC[C@H]2CC/C1=N/O. The van der Waals surface area contributed by atoms with Crippen LogP contribution in [0.25, 0.3) is 0 Å². The average molecular weight is 193 g/mol. The van der Waals surface area contributed by atoms with Gasteiger partial charge < -0.3 is 5.21 Å². The summed E-state index contributed by atoms with van der Waals surface area (Å²) in [5.74, 6) is 0.754. The highest BCUT2D eigenvalue weighted by Crippen LogP contribution is 2.45. The first-order valence-electron chi connectivity index (χ1n) is 5.58. The number of hydrogen-bond donors (Lipinski definition) is 1. The van der Waals surface area contributed by atoms with Crippen molar-refractivity contribution in [2.24, 2.45) is 16.5 Å². The molecule has 1 atom stereocenters. The minimum absolute atomic E-state index is 0.00190. The van der Waals surface area contributed by atoms with E-state index < -0.39 is 0 Å². The first-order chi connectivity index (χ1) is 6.66. The van der Waals surface area contributed by atoms with E-state index in [1.165, 1.54) is 31.3 Å². The standard InChI is InChI=1S/C12H19NO/c1-12(2)10-6-4-3-5-9(10)7-8-11(12)13-14/h6,9,14H,3-5,7-8H2,1-2H3/b13-11-/t9-/m0/s1. The topological polar surface area (TPSA) is 32.6 Å². The Kier molecular flexibility index (Phi) is 2.38. The van der Waals surface area contributed by atoms with Crippen LogP contribution in [0.1, 0.15) is 46.0 Å². The van der Waals surface area contributed by atoms with E-state index in [0.29, 0.717) is 0 Å². The van der Waals surface area contributed by atoms with Crippen molar-refractivity contribution in [3.05, 3.63) is 11.6 Å². The Morgan fingerprint density at radius 1 is 1.43 bits per heavy atom. The minimum Gasteiger partial charge on any atom is -0.411 e. The second-order valence-corrected chi connectivity index (χ2v) is 5.00. The summed E-state index contributed by atoms with van der Waals surface area (Å²) in [6.45, 7) is 4.37. The Morgan fingerprint density at radius 2 is 2.21 bits per heavy atom. The van der Waals surface area contributed by atoms with Crippen molar-refractivity contribution in [2.75, 3.05) is 0 Å². The summed E-state index contributed by atoms with van der Waals surface area (Å²) in [6, 6.07) is 0. The highest BCUT2D eigenvalue weighted by atomic mass is 16.4. The number of fused-ring (bicyclic) bond motifs is 1. The lowest BCUT2D eigenvalue weighted by Crippen LogP contribution is -2.36. The molecular formula is C12H19NO. The van der Waals surface area contributed by atoms with Crippen LogP contribution in [0, 0.1) is 11.3 Å². The van der Waals surface area contributed by atoms with Crippen LogP contribution >= 0.6 is 0 Å². The number of hydrogen-bond acceptors (Lipinski definition) is 2. The van der Waals surface area contributed by atoms with Crippen molar-refractivity contribution < 1.29 is 5.21 Å². The van der Waals surface area contributed by atoms with Crippen LogP contribution in [0.15, 0.2) is 16.8 Å². The quantitative estimate of drug-likeness (QED) is 0.357. The summed E-state index contributed by atoms with van der Waals surface area (Å²) in [6.07, 6.45) is 8.37. The van der Waals surface area contributed by atoms with Crippen molar-refractivity contribution >= 4 is 5.71 Å². The molecule has 2 heteroatoms. The average Bonchev–Trinajstić information content (AvgIpc) is 2.18. The van der Waals surface area contributed by atoms with Crippen molar-refractivity contribution in [2.45, 2.75) is 46.0 Å². The summed E-state index contributed by atoms with van der Waals surface area (Å²) in [5.41, 5.74) is 2.47. The Morgan fingerprint density at radius 3 is 2.93 bits per heavy atom. The van der Waals surface area contributed by atoms with Gasteiger partial charge in [0.2, 0.25) is 0 Å². The van der Waals surface area contributed by atoms with E-state index in [1.54, 1.807) is 0 Å². The Balaban J connectivity index is 2.35. The van der Waals surface area contributed by atoms with E-state index in [2.05, 4.69) is 25.1 Å². The molecule has 0 aromatic heterocycles. The second kappa shape index (κ2) is 3.41. The fourth-order valence-electron chi connectivity index (χ4n) is 2.97. The highest BCUT2D eigenvalue weighted by Gasteiger charge is 2.39. The summed E-state index contributed by atoms with van der Waals surface area (Å²) in [7, 11) is 0. The summed E-state index contributed by atoms with van der Waals surface area (Å²) in [5, 5.41) is 12.4. The summed E-state index contributed by atoms with van der Waals surface area (Å²) in [4.78, 5) is 0. The van der Waals surface area contributed by atoms with Crippen LogP contribution < -0.4 is 0 Å². The highest BCUT2D eigenvalue weighted by molar-refractivity contribution is 5.93. The Labute approximate surface area is 85.7 Å². The van der Waals surface area contributed by atoms with Crippen molar-refractivity contribution in [1.82, 2.24) is 0 Å². The molecule has 0 aliphatic heterocycles. The molecule has 1 N–H and O–H groups in total. The third-order valence-corrected chi connectivity index (χ3v) is 3.85. The van der Waals surface area contributed by atoms with Gasteiger partial charge in [-0.15, -0.1) is 0 Å². The molecule has 2 aliphatic rings. The van der Waals surface area contributed by atoms with E-state index in [-0.39, 0.29) is 5.41 Å². The fraction of sp³-hybridized carbons (Fsp3) is 0.750. The summed E-state index contributed by atoms with van der Waals surface area (Å²) >= 11 is 0. The molecule has 0 radical (unpaired) electrons. The maximum Gasteiger partial charge on any atom is 0.0667 e. The van der Waals surface area contributed by atoms with Crippen molar-refractivity contribution in [3.63, 3.8) is 0 Å². The van der Waals surface area contributed by atoms with Crippen LogP contribution in [0.2, 0.25) is 0 Å². The number of nitrogens with zero attached hydrogens (tertiary/aromatic N) is 1. The molecule has 0 aromatic rings. The Bertz CT molecular complexity index is 289. The molecule has 1 saturated carbocycles. The van der Waals surface area contributed by atoms with Crippen LogP contribution in [0.5, 0.6) is 0 Å². The van der Waals surface area contributed by atoms with E-state index in [0.717, 1.165) is 18.1 Å². The van der Waals surface area contributed by atoms with E-state index in [1.807, 2.05) is 0 Å². The monoisotopic (exact) mass is 193 g/mol. The number of allylic oxidation sites excluding steroid dienone is 2. The van der Waals surface area contributed by atoms with E-state index in [4.69, 9.17) is 5.21 Å². The van der Waals surface area contributed by atoms with Crippen LogP contribution in [-0.2, 0) is 0 Å². The van der Waals surface area contributed by atoms with Gasteiger partial charge in [0.1, 0.15) is 0 Å². The smallest absolute Gasteiger partial charge is 0.0667 e. The first kappa shape index (κ1) is 9.75. The van der Waals surface area contributed by atoms with Gasteiger partial charge in [0.25, 0.3) is 0 Å². The molecule has 2 nitrogen and oxygen atoms in total. The lowest BCUT2D eigenvalue weighted by Gasteiger charge is -2.41. The number of rotatable bonds is 0. The molecule has 14 heavy (non-hydrogen) atoms. The van der Waals surface area contributed by atoms with Gasteiger partial charge in [-0.2, -0.15) is 0 Å². The third-order valence-electron chi connectivity index (χ3n) is 3.85. The molecule has 0 spiro atoms. The Hall–Kier alpha value is -0.790. The van der Waals surface area contributed by atoms with Crippen LogP contribution in [0.4, 0.5) is 0 Å². The van der Waals surface area contributed by atoms with Gasteiger partial charge in [-0.25, -0.2) is 0 Å². The van der Waals surface area contributed by atoms with Gasteiger partial charge in [-0.1, -0.05) is 30.7 Å². The lowest BCUT2D eigenvalue weighted by atomic mass is 9.63. The predicted octanol–water partition coefficient (Wildman–Crippen LogP) is 3.36. The molecule has 2 rings (SSSR count).